The summed E-state index contributed by atoms with van der Waals surface area (Å²) in [5.74, 6) is -1.46. The van der Waals surface area contributed by atoms with Crippen LogP contribution in [0.15, 0.2) is 27.4 Å². The van der Waals surface area contributed by atoms with E-state index < -0.39 is 29.6 Å². The molecule has 7 heteroatoms. The predicted molar refractivity (Wildman–Crippen MR) is 101 cm³/mol. The predicted octanol–water partition coefficient (Wildman–Crippen LogP) is 2.79. The van der Waals surface area contributed by atoms with Gasteiger partial charge in [0.1, 0.15) is 17.4 Å². The molecule has 0 aliphatic carbocycles. The maximum atomic E-state index is 12.3. The fraction of sp³-hybridized carbons (Fsp3) is 0.450. The number of rotatable bonds is 7. The number of amides is 1. The van der Waals surface area contributed by atoms with E-state index in [0.29, 0.717) is 23.3 Å². The lowest BCUT2D eigenvalue weighted by Gasteiger charge is -2.22. The third-order valence-electron chi connectivity index (χ3n) is 4.89. The first-order valence-corrected chi connectivity index (χ1v) is 8.89. The first kappa shape index (κ1) is 20.5. The summed E-state index contributed by atoms with van der Waals surface area (Å²) in [4.78, 5) is 35.5. The molecule has 0 saturated carbocycles. The number of aryl methyl sites for hydroxylation is 1. The highest BCUT2D eigenvalue weighted by Crippen LogP contribution is 2.24. The molecule has 1 aromatic carbocycles. The Balaban J connectivity index is 2.18. The van der Waals surface area contributed by atoms with Gasteiger partial charge in [0.2, 0.25) is 0 Å². The number of carbonyl (C=O) groups is 2. The summed E-state index contributed by atoms with van der Waals surface area (Å²) in [5.41, 5.74) is 1.34. The van der Waals surface area contributed by atoms with E-state index in [-0.39, 0.29) is 5.92 Å². The van der Waals surface area contributed by atoms with Crippen LogP contribution in [0.3, 0.4) is 0 Å². The number of fused-ring (bicyclic) bond motifs is 1. The molecule has 0 saturated heterocycles. The topological polar surface area (TPSA) is 106 Å². The van der Waals surface area contributed by atoms with Crippen LogP contribution in [0.4, 0.5) is 0 Å². The maximum absolute atomic E-state index is 12.3. The minimum Gasteiger partial charge on any atom is -0.481 e. The number of hydrogen-bond donors (Lipinski definition) is 2. The van der Waals surface area contributed by atoms with Crippen LogP contribution in [0.1, 0.15) is 38.3 Å². The summed E-state index contributed by atoms with van der Waals surface area (Å²) in [6.07, 6.45) is -0.291. The molecule has 2 N–H and O–H groups in total. The zero-order valence-electron chi connectivity index (χ0n) is 16.2. The third kappa shape index (κ3) is 4.48. The number of benzene rings is 1. The number of carboxylic acid groups (broad SMARTS) is 1. The second kappa shape index (κ2) is 8.24. The van der Waals surface area contributed by atoms with Gasteiger partial charge >= 0.3 is 11.6 Å². The third-order valence-corrected chi connectivity index (χ3v) is 4.89. The maximum Gasteiger partial charge on any atom is 0.339 e. The Morgan fingerprint density at radius 3 is 2.48 bits per heavy atom. The number of carbonyl (C=O) groups excluding carboxylic acids is 1. The number of nitrogens with one attached hydrogen (secondary N) is 1. The largest absolute Gasteiger partial charge is 0.481 e. The van der Waals surface area contributed by atoms with Gasteiger partial charge in [-0.25, -0.2) is 9.59 Å². The Kier molecular flexibility index (Phi) is 6.25. The lowest BCUT2D eigenvalue weighted by Crippen LogP contribution is -2.49. The van der Waals surface area contributed by atoms with E-state index in [0.717, 1.165) is 10.9 Å². The first-order valence-electron chi connectivity index (χ1n) is 8.89. The Bertz CT molecular complexity index is 917. The molecule has 0 aliphatic rings. The van der Waals surface area contributed by atoms with Crippen LogP contribution in [0.25, 0.3) is 11.0 Å². The van der Waals surface area contributed by atoms with E-state index in [2.05, 4.69) is 5.32 Å². The van der Waals surface area contributed by atoms with Crippen LogP contribution in [-0.2, 0) is 9.59 Å². The fourth-order valence-corrected chi connectivity index (χ4v) is 2.71. The number of ether oxygens (including phenoxy) is 1. The van der Waals surface area contributed by atoms with E-state index in [4.69, 9.17) is 9.15 Å². The Morgan fingerprint density at radius 1 is 1.22 bits per heavy atom. The molecule has 1 unspecified atom stereocenters. The summed E-state index contributed by atoms with van der Waals surface area (Å²) in [6.45, 7) is 8.70. The van der Waals surface area contributed by atoms with Crippen molar-refractivity contribution in [2.24, 2.45) is 5.92 Å². The number of carboxylic acids is 1. The molecule has 0 bridgehead atoms. The summed E-state index contributed by atoms with van der Waals surface area (Å²) in [5, 5.41) is 12.6. The average Bonchev–Trinajstić information content (AvgIpc) is 2.62. The minimum absolute atomic E-state index is 0.209. The quantitative estimate of drug-likeness (QED) is 0.721. The Morgan fingerprint density at radius 2 is 1.89 bits per heavy atom. The molecule has 1 heterocycles. The van der Waals surface area contributed by atoms with Crippen molar-refractivity contribution in [2.75, 3.05) is 0 Å². The van der Waals surface area contributed by atoms with Crippen molar-refractivity contribution in [2.45, 2.75) is 53.2 Å². The van der Waals surface area contributed by atoms with Crippen LogP contribution < -0.4 is 15.7 Å². The van der Waals surface area contributed by atoms with Crippen LogP contribution in [0.5, 0.6) is 5.75 Å². The highest BCUT2D eigenvalue weighted by atomic mass is 16.5. The van der Waals surface area contributed by atoms with Gasteiger partial charge in [-0.3, -0.25) is 4.79 Å². The zero-order chi connectivity index (χ0) is 20.3. The second-order valence-electron chi connectivity index (χ2n) is 6.77. The van der Waals surface area contributed by atoms with Gasteiger partial charge in [0, 0.05) is 17.0 Å². The highest BCUT2D eigenvalue weighted by Gasteiger charge is 2.28. The summed E-state index contributed by atoms with van der Waals surface area (Å²) in [6, 6.07) is 4.02. The second-order valence-corrected chi connectivity index (χ2v) is 6.77. The molecule has 1 amide bonds. The molecule has 0 fully saturated rings. The highest BCUT2D eigenvalue weighted by molar-refractivity contribution is 5.87. The Labute approximate surface area is 157 Å². The van der Waals surface area contributed by atoms with Gasteiger partial charge < -0.3 is 19.6 Å². The minimum atomic E-state index is -1.08. The van der Waals surface area contributed by atoms with E-state index in [1.54, 1.807) is 32.0 Å². The van der Waals surface area contributed by atoms with Crippen LogP contribution in [0.2, 0.25) is 0 Å². The first-order chi connectivity index (χ1) is 12.6. The van der Waals surface area contributed by atoms with E-state index >= 15 is 0 Å². The molecule has 27 heavy (non-hydrogen) atoms. The summed E-state index contributed by atoms with van der Waals surface area (Å²) in [7, 11) is 0. The van der Waals surface area contributed by atoms with Crippen LogP contribution in [0, 0.1) is 19.8 Å². The van der Waals surface area contributed by atoms with E-state index in [1.807, 2.05) is 13.8 Å². The zero-order valence-corrected chi connectivity index (χ0v) is 16.2. The van der Waals surface area contributed by atoms with Crippen molar-refractivity contribution in [3.8, 4) is 5.75 Å². The van der Waals surface area contributed by atoms with Gasteiger partial charge in [-0.1, -0.05) is 20.3 Å². The monoisotopic (exact) mass is 375 g/mol. The van der Waals surface area contributed by atoms with Gasteiger partial charge in [0.25, 0.3) is 5.91 Å². The van der Waals surface area contributed by atoms with Crippen LogP contribution >= 0.6 is 0 Å². The molecule has 1 aromatic heterocycles. The standard InChI is InChI=1S/C20H25NO6/c1-6-10(2)17(19(23)24)21-18(22)13(5)26-14-7-8-15-11(3)12(4)20(25)27-16(15)9-14/h7-10,13,17H,6H2,1-5H3,(H,21,22)(H,23,24)/t10-,13?,17-/m0/s1. The van der Waals surface area contributed by atoms with E-state index in [9.17, 15) is 19.5 Å². The molecule has 0 radical (unpaired) electrons. The molecule has 146 valence electrons. The van der Waals surface area contributed by atoms with E-state index in [1.165, 1.54) is 6.92 Å². The molecule has 2 aromatic rings. The Hall–Kier alpha value is -2.83. The smallest absolute Gasteiger partial charge is 0.339 e. The van der Waals surface area contributed by atoms with Gasteiger partial charge in [-0.05, 0) is 44.4 Å². The lowest BCUT2D eigenvalue weighted by atomic mass is 9.99. The SMILES string of the molecule is CC[C@H](C)[C@H](NC(=O)C(C)Oc1ccc2c(C)c(C)c(=O)oc2c1)C(=O)O. The molecular formula is C20H25NO6. The molecule has 0 spiro atoms. The normalized spacial score (nSPS) is 14.4. The molecule has 2 rings (SSSR count). The van der Waals surface area contributed by atoms with Crippen LogP contribution in [-0.4, -0.2) is 29.1 Å². The van der Waals surface area contributed by atoms with Crippen molar-refractivity contribution in [3.63, 3.8) is 0 Å². The van der Waals surface area contributed by atoms with Gasteiger partial charge in [0.15, 0.2) is 6.10 Å². The summed E-state index contributed by atoms with van der Waals surface area (Å²) < 4.78 is 10.9. The van der Waals surface area contributed by atoms with Crippen molar-refractivity contribution in [1.29, 1.82) is 0 Å². The average molecular weight is 375 g/mol. The van der Waals surface area contributed by atoms with Crippen molar-refractivity contribution in [3.05, 3.63) is 39.7 Å². The van der Waals surface area contributed by atoms with Gasteiger partial charge in [-0.15, -0.1) is 0 Å². The van der Waals surface area contributed by atoms with Crippen molar-refractivity contribution in [1.82, 2.24) is 5.32 Å². The van der Waals surface area contributed by atoms with Gasteiger partial charge in [-0.2, -0.15) is 0 Å². The molecule has 3 atom stereocenters. The number of hydrogen-bond acceptors (Lipinski definition) is 5. The number of aliphatic carboxylic acids is 1. The van der Waals surface area contributed by atoms with Gasteiger partial charge in [0.05, 0.1) is 0 Å². The molecule has 0 aliphatic heterocycles. The molecular weight excluding hydrogens is 350 g/mol. The molecule has 7 nitrogen and oxygen atoms in total. The fourth-order valence-electron chi connectivity index (χ4n) is 2.71. The van der Waals surface area contributed by atoms with Crippen molar-refractivity contribution >= 4 is 22.8 Å². The van der Waals surface area contributed by atoms with Crippen molar-refractivity contribution < 1.29 is 23.8 Å². The summed E-state index contributed by atoms with van der Waals surface area (Å²) >= 11 is 0. The lowest BCUT2D eigenvalue weighted by molar-refractivity contribution is -0.144.